The van der Waals surface area contributed by atoms with Gasteiger partial charge in [0.15, 0.2) is 0 Å². The number of nitrogens with one attached hydrogen (secondary N) is 1. The summed E-state index contributed by atoms with van der Waals surface area (Å²) in [6.07, 6.45) is 5.16. The van der Waals surface area contributed by atoms with E-state index in [1.54, 1.807) is 14.0 Å². The van der Waals surface area contributed by atoms with Crippen LogP contribution in [-0.4, -0.2) is 35.7 Å². The molecule has 1 unspecified atom stereocenters. The Bertz CT molecular complexity index is 1160. The first-order chi connectivity index (χ1) is 15.8. The molecule has 0 bridgehead atoms. The molecular weight excluding hydrogens is 419 g/mol. The van der Waals surface area contributed by atoms with Gasteiger partial charge in [-0.25, -0.2) is 4.39 Å². The second kappa shape index (κ2) is 8.17. The minimum absolute atomic E-state index is 0.0589. The summed E-state index contributed by atoms with van der Waals surface area (Å²) in [7, 11) is 1.72. The lowest BCUT2D eigenvalue weighted by molar-refractivity contribution is -0.120. The number of benzene rings is 2. The lowest BCUT2D eigenvalue weighted by atomic mass is 9.55. The summed E-state index contributed by atoms with van der Waals surface area (Å²) < 4.78 is 25.3. The van der Waals surface area contributed by atoms with Crippen molar-refractivity contribution in [3.05, 3.63) is 59.3 Å². The molecule has 1 spiro atoms. The smallest absolute Gasteiger partial charge is 0.298 e. The van der Waals surface area contributed by atoms with Crippen molar-refractivity contribution in [1.29, 1.82) is 0 Å². The SMILES string of the molecule is COc1cc(C)c2[nH]ccc2c1CN1CCC2(CC1c1ccc(OC=O)cc1)CC(C)(F)C2. The van der Waals surface area contributed by atoms with Crippen molar-refractivity contribution in [3.63, 3.8) is 0 Å². The van der Waals surface area contributed by atoms with Crippen molar-refractivity contribution in [2.75, 3.05) is 13.7 Å². The van der Waals surface area contributed by atoms with Gasteiger partial charge in [0.1, 0.15) is 17.2 Å². The number of nitrogens with zero attached hydrogens (tertiary/aromatic N) is 1. The van der Waals surface area contributed by atoms with Crippen molar-refractivity contribution >= 4 is 17.4 Å². The van der Waals surface area contributed by atoms with Gasteiger partial charge in [0.2, 0.25) is 0 Å². The van der Waals surface area contributed by atoms with Crippen LogP contribution in [0.5, 0.6) is 11.5 Å². The second-order valence-electron chi connectivity index (χ2n) is 10.1. The van der Waals surface area contributed by atoms with Crippen molar-refractivity contribution < 1.29 is 18.7 Å². The number of rotatable bonds is 6. The third-order valence-electron chi connectivity index (χ3n) is 7.63. The number of ether oxygens (including phenoxy) is 2. The van der Waals surface area contributed by atoms with Gasteiger partial charge in [0.25, 0.3) is 6.47 Å². The van der Waals surface area contributed by atoms with E-state index in [0.29, 0.717) is 25.1 Å². The number of likely N-dealkylation sites (tertiary alicyclic amines) is 1. The van der Waals surface area contributed by atoms with E-state index in [9.17, 15) is 9.18 Å². The van der Waals surface area contributed by atoms with Crippen LogP contribution in [0.4, 0.5) is 4.39 Å². The number of carbonyl (C=O) groups excluding carboxylic acids is 1. The molecule has 1 aliphatic heterocycles. The topological polar surface area (TPSA) is 54.6 Å². The molecule has 5 nitrogen and oxygen atoms in total. The minimum Gasteiger partial charge on any atom is -0.496 e. The Morgan fingerprint density at radius 3 is 2.67 bits per heavy atom. The Morgan fingerprint density at radius 1 is 1.24 bits per heavy atom. The number of halogens is 1. The van der Waals surface area contributed by atoms with Crippen LogP contribution in [0, 0.1) is 12.3 Å². The number of methoxy groups -OCH3 is 1. The van der Waals surface area contributed by atoms with E-state index in [-0.39, 0.29) is 11.5 Å². The number of hydrogen-bond donors (Lipinski definition) is 1. The molecule has 174 valence electrons. The zero-order chi connectivity index (χ0) is 23.2. The van der Waals surface area contributed by atoms with Crippen LogP contribution >= 0.6 is 0 Å². The van der Waals surface area contributed by atoms with Gasteiger partial charge in [-0.3, -0.25) is 9.69 Å². The predicted octanol–water partition coefficient (Wildman–Crippen LogP) is 5.87. The number of hydrogen-bond acceptors (Lipinski definition) is 4. The fourth-order valence-electron chi connectivity index (χ4n) is 6.34. The fourth-order valence-corrected chi connectivity index (χ4v) is 6.34. The van der Waals surface area contributed by atoms with E-state index in [1.165, 1.54) is 10.9 Å². The van der Waals surface area contributed by atoms with Crippen LogP contribution in [0.3, 0.4) is 0 Å². The number of aryl methyl sites for hydroxylation is 1. The molecule has 1 saturated heterocycles. The first-order valence-corrected chi connectivity index (χ1v) is 11.6. The molecule has 2 heterocycles. The first-order valence-electron chi connectivity index (χ1n) is 11.6. The highest BCUT2D eigenvalue weighted by Gasteiger charge is 2.55. The molecule has 33 heavy (non-hydrogen) atoms. The molecule has 1 aromatic heterocycles. The quantitative estimate of drug-likeness (QED) is 0.478. The number of alkyl halides is 1. The number of fused-ring (bicyclic) bond motifs is 1. The van der Waals surface area contributed by atoms with Crippen LogP contribution in [0.1, 0.15) is 55.3 Å². The highest BCUT2D eigenvalue weighted by Crippen LogP contribution is 2.60. The largest absolute Gasteiger partial charge is 0.496 e. The lowest BCUT2D eigenvalue weighted by Crippen LogP contribution is -2.53. The molecule has 1 saturated carbocycles. The molecule has 1 atom stereocenters. The average molecular weight is 451 g/mol. The zero-order valence-electron chi connectivity index (χ0n) is 19.5. The highest BCUT2D eigenvalue weighted by atomic mass is 19.1. The van der Waals surface area contributed by atoms with E-state index >= 15 is 0 Å². The van der Waals surface area contributed by atoms with Crippen LogP contribution in [0.25, 0.3) is 10.9 Å². The zero-order valence-corrected chi connectivity index (χ0v) is 19.5. The van der Waals surface area contributed by atoms with Crippen LogP contribution in [0.2, 0.25) is 0 Å². The molecule has 2 fully saturated rings. The average Bonchev–Trinajstić information content (AvgIpc) is 3.27. The van der Waals surface area contributed by atoms with Crippen LogP contribution in [-0.2, 0) is 11.3 Å². The third-order valence-corrected chi connectivity index (χ3v) is 7.63. The molecule has 2 aliphatic rings. The van der Waals surface area contributed by atoms with Gasteiger partial charge < -0.3 is 14.5 Å². The minimum atomic E-state index is -1.05. The Labute approximate surface area is 193 Å². The molecule has 0 amide bonds. The summed E-state index contributed by atoms with van der Waals surface area (Å²) in [6, 6.07) is 12.1. The van der Waals surface area contributed by atoms with Crippen LogP contribution in [0.15, 0.2) is 42.6 Å². The number of piperidine rings is 1. The number of H-pyrrole nitrogens is 1. The van der Waals surface area contributed by atoms with E-state index in [4.69, 9.17) is 9.47 Å². The molecular formula is C27H31FN2O3. The Balaban J connectivity index is 1.49. The summed E-state index contributed by atoms with van der Waals surface area (Å²) >= 11 is 0. The maximum absolute atomic E-state index is 14.5. The molecule has 0 radical (unpaired) electrons. The number of aromatic amines is 1. The van der Waals surface area contributed by atoms with Gasteiger partial charge in [-0.2, -0.15) is 0 Å². The monoisotopic (exact) mass is 450 g/mol. The Hall–Kier alpha value is -2.86. The van der Waals surface area contributed by atoms with Crippen molar-refractivity contribution in [2.24, 2.45) is 5.41 Å². The molecule has 1 N–H and O–H groups in total. The van der Waals surface area contributed by atoms with Gasteiger partial charge in [0, 0.05) is 35.2 Å². The number of carbonyl (C=O) groups is 1. The summed E-state index contributed by atoms with van der Waals surface area (Å²) in [6.45, 7) is 5.91. The third kappa shape index (κ3) is 4.01. The van der Waals surface area contributed by atoms with Gasteiger partial charge >= 0.3 is 0 Å². The standard InChI is InChI=1S/C27H31FN2O3/c1-18-12-24(32-3)22(21-8-10-29-25(18)21)14-30-11-9-27(15-26(2,28)16-27)13-23(30)19-4-6-20(7-5-19)33-17-31/h4-8,10,12,17,23,29H,9,11,13-16H2,1-3H3. The molecule has 3 aromatic rings. The Kier molecular flexibility index (Phi) is 5.44. The van der Waals surface area contributed by atoms with Crippen molar-refractivity contribution in [2.45, 2.75) is 57.8 Å². The normalized spacial score (nSPS) is 27.5. The maximum atomic E-state index is 14.5. The summed E-state index contributed by atoms with van der Waals surface area (Å²) in [5.41, 5.74) is 3.64. The maximum Gasteiger partial charge on any atom is 0.298 e. The fraction of sp³-hybridized carbons (Fsp3) is 0.444. The molecule has 5 rings (SSSR count). The molecule has 6 heteroatoms. The van der Waals surface area contributed by atoms with Gasteiger partial charge in [0.05, 0.1) is 7.11 Å². The summed E-state index contributed by atoms with van der Waals surface area (Å²) in [4.78, 5) is 16.6. The van der Waals surface area contributed by atoms with Gasteiger partial charge in [-0.15, -0.1) is 0 Å². The highest BCUT2D eigenvalue weighted by molar-refractivity contribution is 5.88. The van der Waals surface area contributed by atoms with E-state index in [0.717, 1.165) is 48.3 Å². The van der Waals surface area contributed by atoms with E-state index in [2.05, 4.69) is 28.9 Å². The van der Waals surface area contributed by atoms with Gasteiger partial charge in [-0.05, 0) is 86.9 Å². The van der Waals surface area contributed by atoms with Gasteiger partial charge in [-0.1, -0.05) is 12.1 Å². The van der Waals surface area contributed by atoms with Crippen molar-refractivity contribution in [1.82, 2.24) is 9.88 Å². The first kappa shape index (κ1) is 22.0. The lowest BCUT2D eigenvalue weighted by Gasteiger charge is -2.56. The second-order valence-corrected chi connectivity index (χ2v) is 10.1. The summed E-state index contributed by atoms with van der Waals surface area (Å²) in [5, 5.41) is 1.18. The molecule has 1 aliphatic carbocycles. The Morgan fingerprint density at radius 2 is 2.00 bits per heavy atom. The predicted molar refractivity (Wildman–Crippen MR) is 126 cm³/mol. The summed E-state index contributed by atoms with van der Waals surface area (Å²) in [5.74, 6) is 1.42. The van der Waals surface area contributed by atoms with E-state index < -0.39 is 5.67 Å². The number of aromatic nitrogens is 1. The molecule has 2 aromatic carbocycles. The van der Waals surface area contributed by atoms with Crippen molar-refractivity contribution in [3.8, 4) is 11.5 Å². The van der Waals surface area contributed by atoms with Crippen LogP contribution < -0.4 is 9.47 Å². The van der Waals surface area contributed by atoms with E-state index in [1.807, 2.05) is 30.5 Å².